The van der Waals surface area contributed by atoms with Gasteiger partial charge in [0.2, 0.25) is 5.91 Å². The molecule has 1 aromatic rings. The van der Waals surface area contributed by atoms with E-state index in [-0.39, 0.29) is 12.5 Å². The van der Waals surface area contributed by atoms with E-state index in [0.717, 1.165) is 31.5 Å². The van der Waals surface area contributed by atoms with Gasteiger partial charge in [-0.3, -0.25) is 19.3 Å². The Hall–Kier alpha value is -2.17. The molecule has 2 aliphatic rings. The van der Waals surface area contributed by atoms with Crippen LogP contribution in [0.5, 0.6) is 0 Å². The van der Waals surface area contributed by atoms with Gasteiger partial charge in [-0.15, -0.1) is 0 Å². The number of amides is 2. The first-order valence-electron chi connectivity index (χ1n) is 6.82. The van der Waals surface area contributed by atoms with Gasteiger partial charge in [0.25, 0.3) is 11.7 Å². The number of hydrogen-bond donors (Lipinski definition) is 0. The number of nitrogens with zero attached hydrogens (tertiary/aromatic N) is 2. The number of ketones is 1. The second-order valence-electron chi connectivity index (χ2n) is 5.33. The molecule has 0 aliphatic carbocycles. The number of hydrogen-bond acceptors (Lipinski definition) is 3. The molecule has 5 heteroatoms. The van der Waals surface area contributed by atoms with Crippen LogP contribution in [0.25, 0.3) is 0 Å². The largest absolute Gasteiger partial charge is 0.341 e. The fraction of sp³-hybridized carbons (Fsp3) is 0.400. The zero-order valence-electron chi connectivity index (χ0n) is 11.4. The Morgan fingerprint density at radius 3 is 2.60 bits per heavy atom. The molecule has 0 bridgehead atoms. The molecule has 3 rings (SSSR count). The van der Waals surface area contributed by atoms with Crippen LogP contribution in [-0.2, 0) is 9.59 Å². The predicted molar refractivity (Wildman–Crippen MR) is 73.7 cm³/mol. The smallest absolute Gasteiger partial charge is 0.299 e. The molecule has 5 nitrogen and oxygen atoms in total. The fourth-order valence-electron chi connectivity index (χ4n) is 2.77. The van der Waals surface area contributed by atoms with Crippen LogP contribution >= 0.6 is 0 Å². The maximum Gasteiger partial charge on any atom is 0.299 e. The highest BCUT2D eigenvalue weighted by molar-refractivity contribution is 6.52. The summed E-state index contributed by atoms with van der Waals surface area (Å²) in [4.78, 5) is 39.2. The summed E-state index contributed by atoms with van der Waals surface area (Å²) in [5.74, 6) is -1.20. The summed E-state index contributed by atoms with van der Waals surface area (Å²) in [7, 11) is 0. The maximum atomic E-state index is 12.2. The van der Waals surface area contributed by atoms with Gasteiger partial charge in [-0.05, 0) is 31.9 Å². The minimum atomic E-state index is -0.599. The van der Waals surface area contributed by atoms with E-state index in [0.29, 0.717) is 11.3 Å². The Labute approximate surface area is 117 Å². The summed E-state index contributed by atoms with van der Waals surface area (Å²) < 4.78 is 0. The van der Waals surface area contributed by atoms with Crippen molar-refractivity contribution in [2.45, 2.75) is 19.8 Å². The van der Waals surface area contributed by atoms with Crippen LogP contribution in [0.3, 0.4) is 0 Å². The summed E-state index contributed by atoms with van der Waals surface area (Å²) in [6.07, 6.45) is 2.02. The van der Waals surface area contributed by atoms with Crippen molar-refractivity contribution in [1.82, 2.24) is 4.90 Å². The molecule has 0 N–H and O–H groups in total. The highest BCUT2D eigenvalue weighted by atomic mass is 16.2. The first-order valence-corrected chi connectivity index (χ1v) is 6.82. The number of fused-ring (bicyclic) bond motifs is 1. The van der Waals surface area contributed by atoms with Gasteiger partial charge >= 0.3 is 0 Å². The average Bonchev–Trinajstić information content (AvgIpc) is 3.03. The minimum Gasteiger partial charge on any atom is -0.341 e. The van der Waals surface area contributed by atoms with Crippen molar-refractivity contribution in [3.8, 4) is 0 Å². The number of rotatable bonds is 2. The molecule has 0 aromatic heterocycles. The minimum absolute atomic E-state index is 0.0410. The molecule has 0 radical (unpaired) electrons. The molecular formula is C15H16N2O3. The van der Waals surface area contributed by atoms with Gasteiger partial charge in [-0.25, -0.2) is 0 Å². The van der Waals surface area contributed by atoms with Crippen molar-refractivity contribution in [3.63, 3.8) is 0 Å². The highest BCUT2D eigenvalue weighted by Gasteiger charge is 2.37. The summed E-state index contributed by atoms with van der Waals surface area (Å²) in [5, 5.41) is 0. The standard InChI is InChI=1S/C15H16N2O3/c1-10-4-5-12-11(8-10)14(19)15(20)17(12)9-13(18)16-6-2-3-7-16/h4-5,8H,2-3,6-7,9H2,1H3. The lowest BCUT2D eigenvalue weighted by Gasteiger charge is -2.21. The third-order valence-electron chi connectivity index (χ3n) is 3.88. The molecule has 0 unspecified atom stereocenters. The van der Waals surface area contributed by atoms with E-state index in [1.54, 1.807) is 17.0 Å². The van der Waals surface area contributed by atoms with Crippen LogP contribution < -0.4 is 4.90 Å². The zero-order chi connectivity index (χ0) is 14.3. The van der Waals surface area contributed by atoms with Crippen LogP contribution in [0.4, 0.5) is 5.69 Å². The molecule has 1 fully saturated rings. The Morgan fingerprint density at radius 1 is 1.20 bits per heavy atom. The van der Waals surface area contributed by atoms with E-state index in [4.69, 9.17) is 0 Å². The fourth-order valence-corrected chi connectivity index (χ4v) is 2.77. The number of likely N-dealkylation sites (tertiary alicyclic amines) is 1. The van der Waals surface area contributed by atoms with Gasteiger partial charge < -0.3 is 4.90 Å². The molecule has 0 saturated carbocycles. The molecule has 0 spiro atoms. The van der Waals surface area contributed by atoms with Crippen LogP contribution in [-0.4, -0.2) is 42.1 Å². The SMILES string of the molecule is Cc1ccc2c(c1)C(=O)C(=O)N2CC(=O)N1CCCC1. The molecule has 2 aliphatic heterocycles. The molecule has 1 aromatic carbocycles. The van der Waals surface area contributed by atoms with Gasteiger partial charge in [0.05, 0.1) is 11.3 Å². The molecule has 0 atom stereocenters. The number of benzene rings is 1. The van der Waals surface area contributed by atoms with E-state index in [1.165, 1.54) is 4.90 Å². The van der Waals surface area contributed by atoms with Crippen molar-refractivity contribution in [3.05, 3.63) is 29.3 Å². The van der Waals surface area contributed by atoms with Crippen molar-refractivity contribution in [2.24, 2.45) is 0 Å². The Kier molecular flexibility index (Phi) is 3.04. The Morgan fingerprint density at radius 2 is 1.90 bits per heavy atom. The molecule has 2 heterocycles. The number of carbonyl (C=O) groups is 3. The van der Waals surface area contributed by atoms with Crippen molar-refractivity contribution in [2.75, 3.05) is 24.5 Å². The third kappa shape index (κ3) is 1.99. The lowest BCUT2D eigenvalue weighted by atomic mass is 10.1. The topological polar surface area (TPSA) is 57.7 Å². The van der Waals surface area contributed by atoms with Gasteiger partial charge in [-0.1, -0.05) is 11.6 Å². The van der Waals surface area contributed by atoms with E-state index < -0.39 is 11.7 Å². The van der Waals surface area contributed by atoms with Crippen molar-refractivity contribution in [1.29, 1.82) is 0 Å². The maximum absolute atomic E-state index is 12.2. The lowest BCUT2D eigenvalue weighted by molar-refractivity contribution is -0.129. The van der Waals surface area contributed by atoms with E-state index in [1.807, 2.05) is 13.0 Å². The molecule has 20 heavy (non-hydrogen) atoms. The Balaban J connectivity index is 1.85. The van der Waals surface area contributed by atoms with Gasteiger partial charge in [0.1, 0.15) is 6.54 Å². The highest BCUT2D eigenvalue weighted by Crippen LogP contribution is 2.29. The van der Waals surface area contributed by atoms with Crippen LogP contribution in [0.1, 0.15) is 28.8 Å². The van der Waals surface area contributed by atoms with Crippen LogP contribution in [0.15, 0.2) is 18.2 Å². The summed E-state index contributed by atoms with van der Waals surface area (Å²) in [6, 6.07) is 5.29. The van der Waals surface area contributed by atoms with E-state index >= 15 is 0 Å². The molecule has 1 saturated heterocycles. The second-order valence-corrected chi connectivity index (χ2v) is 5.33. The van der Waals surface area contributed by atoms with E-state index in [2.05, 4.69) is 0 Å². The first-order chi connectivity index (χ1) is 9.58. The number of anilines is 1. The number of carbonyl (C=O) groups excluding carboxylic acids is 3. The summed E-state index contributed by atoms with van der Waals surface area (Å²) in [5.41, 5.74) is 1.89. The predicted octanol–water partition coefficient (Wildman–Crippen LogP) is 1.15. The van der Waals surface area contributed by atoms with Gasteiger partial charge in [0.15, 0.2) is 0 Å². The monoisotopic (exact) mass is 272 g/mol. The number of aryl methyl sites for hydroxylation is 1. The summed E-state index contributed by atoms with van der Waals surface area (Å²) >= 11 is 0. The van der Waals surface area contributed by atoms with Gasteiger partial charge in [-0.2, -0.15) is 0 Å². The quantitative estimate of drug-likeness (QED) is 0.759. The average molecular weight is 272 g/mol. The van der Waals surface area contributed by atoms with Crippen molar-refractivity contribution >= 4 is 23.3 Å². The first kappa shape index (κ1) is 12.8. The van der Waals surface area contributed by atoms with Gasteiger partial charge in [0, 0.05) is 13.1 Å². The normalized spacial score (nSPS) is 17.9. The third-order valence-corrected chi connectivity index (χ3v) is 3.88. The van der Waals surface area contributed by atoms with Crippen molar-refractivity contribution < 1.29 is 14.4 Å². The Bertz CT molecular complexity index is 603. The molecule has 104 valence electrons. The number of Topliss-reactive ketones (excluding diaryl/α,β-unsaturated/α-hetero) is 1. The second kappa shape index (κ2) is 4.74. The van der Waals surface area contributed by atoms with Crippen LogP contribution in [0.2, 0.25) is 0 Å². The lowest BCUT2D eigenvalue weighted by Crippen LogP contribution is -2.41. The van der Waals surface area contributed by atoms with Crippen LogP contribution in [0, 0.1) is 6.92 Å². The zero-order valence-corrected chi connectivity index (χ0v) is 11.4. The molecule has 2 amide bonds. The summed E-state index contributed by atoms with van der Waals surface area (Å²) in [6.45, 7) is 3.32. The van der Waals surface area contributed by atoms with E-state index in [9.17, 15) is 14.4 Å². The molecular weight excluding hydrogens is 256 g/mol.